The SMILES string of the molecule is CCC1COC(C)CN1C(=O)NC(=O)/C=C/C(=O)O. The summed E-state index contributed by atoms with van der Waals surface area (Å²) in [6.45, 7) is 4.61. The van der Waals surface area contributed by atoms with Gasteiger partial charge in [-0.3, -0.25) is 10.1 Å². The summed E-state index contributed by atoms with van der Waals surface area (Å²) in [6.07, 6.45) is 2.13. The van der Waals surface area contributed by atoms with Gasteiger partial charge in [-0.2, -0.15) is 0 Å². The van der Waals surface area contributed by atoms with Gasteiger partial charge in [-0.25, -0.2) is 9.59 Å². The highest BCUT2D eigenvalue weighted by Crippen LogP contribution is 2.14. The smallest absolute Gasteiger partial charge is 0.328 e. The van der Waals surface area contributed by atoms with Crippen molar-refractivity contribution >= 4 is 17.9 Å². The van der Waals surface area contributed by atoms with E-state index in [0.29, 0.717) is 19.2 Å². The molecule has 7 heteroatoms. The van der Waals surface area contributed by atoms with Gasteiger partial charge in [0, 0.05) is 18.7 Å². The van der Waals surface area contributed by atoms with Gasteiger partial charge in [-0.15, -0.1) is 0 Å². The minimum absolute atomic E-state index is 0.0764. The van der Waals surface area contributed by atoms with Gasteiger partial charge in [-0.05, 0) is 13.3 Å². The van der Waals surface area contributed by atoms with Gasteiger partial charge in [-0.1, -0.05) is 6.92 Å². The van der Waals surface area contributed by atoms with Crippen molar-refractivity contribution in [3.63, 3.8) is 0 Å². The summed E-state index contributed by atoms with van der Waals surface area (Å²) < 4.78 is 5.45. The molecule has 1 saturated heterocycles. The lowest BCUT2D eigenvalue weighted by atomic mass is 10.1. The molecule has 1 heterocycles. The number of aliphatic carboxylic acids is 1. The average molecular weight is 270 g/mol. The first-order valence-electron chi connectivity index (χ1n) is 6.08. The predicted octanol–water partition coefficient (Wildman–Crippen LogP) is 0.363. The zero-order chi connectivity index (χ0) is 14.4. The lowest BCUT2D eigenvalue weighted by Gasteiger charge is -2.37. The topological polar surface area (TPSA) is 95.9 Å². The Morgan fingerprint density at radius 3 is 2.68 bits per heavy atom. The van der Waals surface area contributed by atoms with Crippen molar-refractivity contribution in [1.82, 2.24) is 10.2 Å². The van der Waals surface area contributed by atoms with Crippen LogP contribution in [0.2, 0.25) is 0 Å². The quantitative estimate of drug-likeness (QED) is 0.722. The Balaban J connectivity index is 2.59. The van der Waals surface area contributed by atoms with Gasteiger partial charge in [0.15, 0.2) is 0 Å². The van der Waals surface area contributed by atoms with Crippen LogP contribution in [0.3, 0.4) is 0 Å². The van der Waals surface area contributed by atoms with E-state index in [-0.39, 0.29) is 12.1 Å². The monoisotopic (exact) mass is 270 g/mol. The second-order valence-electron chi connectivity index (χ2n) is 4.32. The molecule has 2 N–H and O–H groups in total. The molecule has 1 aliphatic rings. The van der Waals surface area contributed by atoms with Crippen molar-refractivity contribution in [2.45, 2.75) is 32.4 Å². The molecule has 0 aliphatic carbocycles. The fourth-order valence-electron chi connectivity index (χ4n) is 1.80. The molecular weight excluding hydrogens is 252 g/mol. The number of nitrogens with one attached hydrogen (secondary N) is 1. The summed E-state index contributed by atoms with van der Waals surface area (Å²) in [5.74, 6) is -1.99. The Morgan fingerprint density at radius 2 is 2.11 bits per heavy atom. The first-order chi connectivity index (χ1) is 8.93. The van der Waals surface area contributed by atoms with Crippen LogP contribution >= 0.6 is 0 Å². The minimum Gasteiger partial charge on any atom is -0.478 e. The number of ether oxygens (including phenoxy) is 1. The number of hydrogen-bond donors (Lipinski definition) is 2. The number of rotatable bonds is 3. The molecule has 0 bridgehead atoms. The van der Waals surface area contributed by atoms with Gasteiger partial charge in [0.25, 0.3) is 5.91 Å². The van der Waals surface area contributed by atoms with Crippen molar-refractivity contribution in [3.8, 4) is 0 Å². The molecule has 1 aliphatic heterocycles. The van der Waals surface area contributed by atoms with Gasteiger partial charge >= 0.3 is 12.0 Å². The average Bonchev–Trinajstić information content (AvgIpc) is 2.36. The summed E-state index contributed by atoms with van der Waals surface area (Å²) in [5.41, 5.74) is 0. The lowest BCUT2D eigenvalue weighted by molar-refractivity contribution is -0.131. The molecule has 106 valence electrons. The molecule has 0 radical (unpaired) electrons. The highest BCUT2D eigenvalue weighted by molar-refractivity contribution is 6.02. The molecule has 2 atom stereocenters. The maximum absolute atomic E-state index is 11.9. The van der Waals surface area contributed by atoms with Crippen LogP contribution in [0.25, 0.3) is 0 Å². The molecule has 0 aromatic carbocycles. The van der Waals surface area contributed by atoms with E-state index in [1.165, 1.54) is 0 Å². The first-order valence-corrected chi connectivity index (χ1v) is 6.08. The van der Waals surface area contributed by atoms with Crippen LogP contribution in [0.1, 0.15) is 20.3 Å². The number of amides is 3. The van der Waals surface area contributed by atoms with Crippen LogP contribution in [0, 0.1) is 0 Å². The van der Waals surface area contributed by atoms with Crippen LogP contribution in [-0.4, -0.2) is 53.2 Å². The van der Waals surface area contributed by atoms with E-state index in [1.54, 1.807) is 4.90 Å². The van der Waals surface area contributed by atoms with Crippen molar-refractivity contribution in [2.75, 3.05) is 13.2 Å². The zero-order valence-corrected chi connectivity index (χ0v) is 11.0. The number of carbonyl (C=O) groups is 3. The molecule has 19 heavy (non-hydrogen) atoms. The third kappa shape index (κ3) is 4.70. The normalized spacial score (nSPS) is 23.4. The molecule has 3 amide bonds. The van der Waals surface area contributed by atoms with Crippen molar-refractivity contribution in [3.05, 3.63) is 12.2 Å². The van der Waals surface area contributed by atoms with Crippen LogP contribution in [0.4, 0.5) is 4.79 Å². The third-order valence-electron chi connectivity index (χ3n) is 2.81. The van der Waals surface area contributed by atoms with E-state index < -0.39 is 17.9 Å². The largest absolute Gasteiger partial charge is 0.478 e. The number of imide groups is 1. The van der Waals surface area contributed by atoms with Gasteiger partial charge in [0.05, 0.1) is 18.8 Å². The van der Waals surface area contributed by atoms with Gasteiger partial charge in [0.1, 0.15) is 0 Å². The van der Waals surface area contributed by atoms with Crippen LogP contribution < -0.4 is 5.32 Å². The second kappa shape index (κ2) is 6.89. The Morgan fingerprint density at radius 1 is 1.42 bits per heavy atom. The Bertz CT molecular complexity index is 394. The number of urea groups is 1. The van der Waals surface area contributed by atoms with Gasteiger partial charge < -0.3 is 14.7 Å². The standard InChI is InChI=1S/C12H18N2O5/c1-3-9-7-19-8(2)6-14(9)12(18)13-10(15)4-5-11(16)17/h4-5,8-9H,3,6-7H2,1-2H3,(H,16,17)(H,13,15,18)/b5-4+. The van der Waals surface area contributed by atoms with E-state index in [9.17, 15) is 14.4 Å². The number of hydrogen-bond acceptors (Lipinski definition) is 4. The highest BCUT2D eigenvalue weighted by Gasteiger charge is 2.29. The molecule has 7 nitrogen and oxygen atoms in total. The van der Waals surface area contributed by atoms with E-state index in [0.717, 1.165) is 12.5 Å². The molecule has 0 spiro atoms. The molecule has 0 aromatic rings. The summed E-state index contributed by atoms with van der Waals surface area (Å²) >= 11 is 0. The molecule has 1 rings (SSSR count). The van der Waals surface area contributed by atoms with E-state index in [1.807, 2.05) is 13.8 Å². The summed E-state index contributed by atoms with van der Waals surface area (Å²) in [6, 6.07) is -0.602. The van der Waals surface area contributed by atoms with E-state index >= 15 is 0 Å². The lowest BCUT2D eigenvalue weighted by Crippen LogP contribution is -2.55. The molecule has 0 aromatic heterocycles. The maximum Gasteiger partial charge on any atom is 0.328 e. The van der Waals surface area contributed by atoms with Gasteiger partial charge in [0.2, 0.25) is 0 Å². The predicted molar refractivity (Wildman–Crippen MR) is 66.5 cm³/mol. The molecular formula is C12H18N2O5. The Kier molecular flexibility index (Phi) is 5.50. The molecule has 1 fully saturated rings. The Hall–Kier alpha value is -1.89. The van der Waals surface area contributed by atoms with Crippen LogP contribution in [-0.2, 0) is 14.3 Å². The third-order valence-corrected chi connectivity index (χ3v) is 2.81. The van der Waals surface area contributed by atoms with Crippen LogP contribution in [0.15, 0.2) is 12.2 Å². The molecule has 0 saturated carbocycles. The summed E-state index contributed by atoms with van der Waals surface area (Å²) in [7, 11) is 0. The van der Waals surface area contributed by atoms with Crippen LogP contribution in [0.5, 0.6) is 0 Å². The highest BCUT2D eigenvalue weighted by atomic mass is 16.5. The van der Waals surface area contributed by atoms with Crippen molar-refractivity contribution in [2.24, 2.45) is 0 Å². The number of carboxylic acid groups (broad SMARTS) is 1. The fraction of sp³-hybridized carbons (Fsp3) is 0.583. The summed E-state index contributed by atoms with van der Waals surface area (Å²) in [5, 5.41) is 10.5. The Labute approximate surface area is 111 Å². The maximum atomic E-state index is 11.9. The van der Waals surface area contributed by atoms with E-state index in [2.05, 4.69) is 5.32 Å². The number of morpholine rings is 1. The van der Waals surface area contributed by atoms with E-state index in [4.69, 9.17) is 9.84 Å². The second-order valence-corrected chi connectivity index (χ2v) is 4.32. The van der Waals surface area contributed by atoms with Crippen molar-refractivity contribution in [1.29, 1.82) is 0 Å². The van der Waals surface area contributed by atoms with Crippen molar-refractivity contribution < 1.29 is 24.2 Å². The fourth-order valence-corrected chi connectivity index (χ4v) is 1.80. The number of carboxylic acids is 1. The zero-order valence-electron chi connectivity index (χ0n) is 11.0. The molecule has 2 unspecified atom stereocenters. The first kappa shape index (κ1) is 15.2. The summed E-state index contributed by atoms with van der Waals surface area (Å²) in [4.78, 5) is 35.1. The number of carbonyl (C=O) groups excluding carboxylic acids is 2. The number of nitrogens with zero attached hydrogens (tertiary/aromatic N) is 1. The minimum atomic E-state index is -1.24.